The number of carbonyl (C=O) groups is 1. The molecule has 4 rings (SSSR count). The molecule has 2 aliphatic rings. The molecular weight excluding hydrogens is 349 g/mol. The topological polar surface area (TPSA) is 63.2 Å². The fourth-order valence-corrected chi connectivity index (χ4v) is 3.14. The van der Waals surface area contributed by atoms with Crippen LogP contribution in [0.3, 0.4) is 0 Å². The van der Waals surface area contributed by atoms with E-state index in [0.29, 0.717) is 11.5 Å². The van der Waals surface area contributed by atoms with Crippen molar-refractivity contribution in [3.8, 4) is 11.5 Å². The number of amides is 1. The monoisotopic (exact) mass is 369 g/mol. The molecule has 0 unspecified atom stereocenters. The molecule has 0 spiro atoms. The number of nitrogens with one attached hydrogen (secondary N) is 1. The van der Waals surface area contributed by atoms with Gasteiger partial charge < -0.3 is 14.4 Å². The van der Waals surface area contributed by atoms with Gasteiger partial charge in [0, 0.05) is 37.3 Å². The first-order valence-corrected chi connectivity index (χ1v) is 8.93. The average molecular weight is 369 g/mol. The number of fused-ring (bicyclic) bond motifs is 1. The van der Waals surface area contributed by atoms with Crippen LogP contribution in [-0.2, 0) is 4.79 Å². The zero-order chi connectivity index (χ0) is 18.6. The number of nitrogens with zero attached hydrogens (tertiary/aromatic N) is 2. The highest BCUT2D eigenvalue weighted by molar-refractivity contribution is 5.89. The highest BCUT2D eigenvalue weighted by Crippen LogP contribution is 2.30. The zero-order valence-corrected chi connectivity index (χ0v) is 14.7. The average Bonchev–Trinajstić information content (AvgIpc) is 2.72. The smallest absolute Gasteiger partial charge is 0.284 e. The number of piperidine rings is 1. The summed E-state index contributed by atoms with van der Waals surface area (Å²) in [6.07, 6.45) is 0.758. The quantitative estimate of drug-likeness (QED) is 0.845. The van der Waals surface area contributed by atoms with Crippen LogP contribution in [-0.4, -0.2) is 37.4 Å². The van der Waals surface area contributed by atoms with E-state index in [1.54, 1.807) is 24.3 Å². The molecule has 2 heterocycles. The predicted octanol–water partition coefficient (Wildman–Crippen LogP) is 2.74. The van der Waals surface area contributed by atoms with E-state index in [2.05, 4.69) is 15.4 Å². The number of hydrazone groups is 1. The lowest BCUT2D eigenvalue weighted by Crippen LogP contribution is -2.43. The van der Waals surface area contributed by atoms with Crippen molar-refractivity contribution in [1.29, 1.82) is 0 Å². The summed E-state index contributed by atoms with van der Waals surface area (Å²) in [5.74, 6) is 0.639. The number of hydrogen-bond acceptors (Lipinski definition) is 5. The maximum atomic E-state index is 13.0. The van der Waals surface area contributed by atoms with Crippen LogP contribution in [0.1, 0.15) is 12.8 Å². The second-order valence-corrected chi connectivity index (χ2v) is 6.48. The van der Waals surface area contributed by atoms with Gasteiger partial charge in [0.05, 0.1) is 0 Å². The van der Waals surface area contributed by atoms with Crippen molar-refractivity contribution in [2.45, 2.75) is 18.9 Å². The Bertz CT molecular complexity index is 844. The van der Waals surface area contributed by atoms with Crippen molar-refractivity contribution in [2.24, 2.45) is 5.10 Å². The second-order valence-electron chi connectivity index (χ2n) is 6.48. The molecule has 7 heteroatoms. The summed E-state index contributed by atoms with van der Waals surface area (Å²) >= 11 is 0. The lowest BCUT2D eigenvalue weighted by molar-refractivity contribution is -0.130. The fourth-order valence-electron chi connectivity index (χ4n) is 3.14. The number of halogens is 1. The first-order chi connectivity index (χ1) is 13.2. The lowest BCUT2D eigenvalue weighted by Gasteiger charge is -2.29. The number of para-hydroxylation sites is 2. The van der Waals surface area contributed by atoms with E-state index in [1.807, 2.05) is 12.1 Å². The molecule has 2 aliphatic heterocycles. The van der Waals surface area contributed by atoms with E-state index < -0.39 is 6.10 Å². The van der Waals surface area contributed by atoms with Gasteiger partial charge >= 0.3 is 0 Å². The molecule has 27 heavy (non-hydrogen) atoms. The highest BCUT2D eigenvalue weighted by Gasteiger charge is 2.27. The minimum absolute atomic E-state index is 0.159. The van der Waals surface area contributed by atoms with Crippen LogP contribution in [0, 0.1) is 5.82 Å². The molecule has 0 aromatic heterocycles. The van der Waals surface area contributed by atoms with Gasteiger partial charge in [0.25, 0.3) is 5.91 Å². The van der Waals surface area contributed by atoms with E-state index in [0.717, 1.165) is 37.3 Å². The number of hydrogen-bond donors (Lipinski definition) is 1. The summed E-state index contributed by atoms with van der Waals surface area (Å²) in [5.41, 5.74) is 4.51. The zero-order valence-electron chi connectivity index (χ0n) is 14.7. The maximum absolute atomic E-state index is 13.0. The number of ether oxygens (including phenoxy) is 2. The van der Waals surface area contributed by atoms with Gasteiger partial charge in [0.1, 0.15) is 12.4 Å². The van der Waals surface area contributed by atoms with Crippen LogP contribution in [0.4, 0.5) is 10.1 Å². The Morgan fingerprint density at radius 3 is 2.52 bits per heavy atom. The third kappa shape index (κ3) is 4.02. The molecule has 1 atom stereocenters. The van der Waals surface area contributed by atoms with Gasteiger partial charge in [-0.3, -0.25) is 4.79 Å². The summed E-state index contributed by atoms with van der Waals surface area (Å²) in [4.78, 5) is 14.5. The maximum Gasteiger partial charge on any atom is 0.284 e. The number of rotatable bonds is 3. The number of anilines is 1. The standard InChI is InChI=1S/C20H20FN3O3/c21-14-5-7-16(8-6-14)24-11-9-15(10-12-24)22-23-20(25)19-13-26-17-3-1-2-4-18(17)27-19/h1-8,19H,9-13H2,(H,23,25)/t19-/m1/s1. The normalized spacial score (nSPS) is 18.8. The van der Waals surface area contributed by atoms with Crippen molar-refractivity contribution in [3.05, 3.63) is 54.3 Å². The third-order valence-corrected chi connectivity index (χ3v) is 4.66. The third-order valence-electron chi connectivity index (χ3n) is 4.66. The Morgan fingerprint density at radius 2 is 1.78 bits per heavy atom. The molecule has 0 radical (unpaired) electrons. The minimum Gasteiger partial charge on any atom is -0.485 e. The van der Waals surface area contributed by atoms with E-state index in [1.165, 1.54) is 12.1 Å². The Kier molecular flexibility index (Phi) is 4.91. The largest absolute Gasteiger partial charge is 0.485 e. The highest BCUT2D eigenvalue weighted by atomic mass is 19.1. The van der Waals surface area contributed by atoms with Crippen LogP contribution >= 0.6 is 0 Å². The van der Waals surface area contributed by atoms with Crippen LogP contribution in [0.2, 0.25) is 0 Å². The van der Waals surface area contributed by atoms with E-state index in [-0.39, 0.29) is 18.3 Å². The summed E-state index contributed by atoms with van der Waals surface area (Å²) in [6, 6.07) is 13.7. The summed E-state index contributed by atoms with van der Waals surface area (Å²) in [6.45, 7) is 1.71. The van der Waals surface area contributed by atoms with Crippen LogP contribution in [0.15, 0.2) is 53.6 Å². The molecule has 1 amide bonds. The van der Waals surface area contributed by atoms with Gasteiger partial charge in [-0.25, -0.2) is 9.82 Å². The van der Waals surface area contributed by atoms with Gasteiger partial charge in [-0.15, -0.1) is 0 Å². The van der Waals surface area contributed by atoms with E-state index in [9.17, 15) is 9.18 Å². The molecule has 2 aromatic carbocycles. The van der Waals surface area contributed by atoms with Gasteiger partial charge in [0.15, 0.2) is 11.5 Å². The Hall–Kier alpha value is -3.09. The molecule has 140 valence electrons. The molecular formula is C20H20FN3O3. The van der Waals surface area contributed by atoms with Gasteiger partial charge in [-0.2, -0.15) is 5.10 Å². The number of carbonyl (C=O) groups excluding carboxylic acids is 1. The first kappa shape index (κ1) is 17.3. The molecule has 2 aromatic rings. The Labute approximate surface area is 156 Å². The van der Waals surface area contributed by atoms with Gasteiger partial charge in [0.2, 0.25) is 6.10 Å². The van der Waals surface area contributed by atoms with E-state index in [4.69, 9.17) is 9.47 Å². The van der Waals surface area contributed by atoms with Crippen molar-refractivity contribution in [2.75, 3.05) is 24.6 Å². The van der Waals surface area contributed by atoms with Crippen molar-refractivity contribution in [1.82, 2.24) is 5.43 Å². The molecule has 1 fully saturated rings. The molecule has 0 bridgehead atoms. The summed E-state index contributed by atoms with van der Waals surface area (Å²) < 4.78 is 24.3. The van der Waals surface area contributed by atoms with E-state index >= 15 is 0 Å². The van der Waals surface area contributed by atoms with Gasteiger partial charge in [-0.1, -0.05) is 12.1 Å². The fraction of sp³-hybridized carbons (Fsp3) is 0.300. The van der Waals surface area contributed by atoms with Crippen LogP contribution in [0.25, 0.3) is 0 Å². The SMILES string of the molecule is O=C(NN=C1CCN(c2ccc(F)cc2)CC1)[C@H]1COc2ccccc2O1. The molecule has 1 saturated heterocycles. The van der Waals surface area contributed by atoms with Crippen LogP contribution < -0.4 is 19.8 Å². The summed E-state index contributed by atoms with van der Waals surface area (Å²) in [7, 11) is 0. The van der Waals surface area contributed by atoms with Crippen LogP contribution in [0.5, 0.6) is 11.5 Å². The molecule has 6 nitrogen and oxygen atoms in total. The number of benzene rings is 2. The summed E-state index contributed by atoms with van der Waals surface area (Å²) in [5, 5.41) is 4.25. The Morgan fingerprint density at radius 1 is 1.07 bits per heavy atom. The molecule has 0 aliphatic carbocycles. The minimum atomic E-state index is -0.719. The molecule has 1 N–H and O–H groups in total. The lowest BCUT2D eigenvalue weighted by atomic mass is 10.1. The Balaban J connectivity index is 1.29. The first-order valence-electron chi connectivity index (χ1n) is 8.93. The van der Waals surface area contributed by atoms with Crippen molar-refractivity contribution >= 4 is 17.3 Å². The predicted molar refractivity (Wildman–Crippen MR) is 99.8 cm³/mol. The van der Waals surface area contributed by atoms with Crippen molar-refractivity contribution in [3.63, 3.8) is 0 Å². The van der Waals surface area contributed by atoms with Crippen molar-refractivity contribution < 1.29 is 18.7 Å². The van der Waals surface area contributed by atoms with Gasteiger partial charge in [-0.05, 0) is 36.4 Å². The molecule has 0 saturated carbocycles. The second kappa shape index (κ2) is 7.65.